The van der Waals surface area contributed by atoms with Crippen LogP contribution < -0.4 is 15.2 Å². The van der Waals surface area contributed by atoms with Crippen LogP contribution in [0.15, 0.2) is 47.8 Å². The zero-order valence-corrected chi connectivity index (χ0v) is 18.5. The average Bonchev–Trinajstić information content (AvgIpc) is 2.97. The molecule has 2 aromatic carbocycles. The predicted octanol–water partition coefficient (Wildman–Crippen LogP) is 5.42. The fourth-order valence-corrected chi connectivity index (χ4v) is 3.60. The quantitative estimate of drug-likeness (QED) is 0.469. The van der Waals surface area contributed by atoms with Gasteiger partial charge in [-0.1, -0.05) is 24.8 Å². The summed E-state index contributed by atoms with van der Waals surface area (Å²) < 4.78 is 14.9. The smallest absolute Gasteiger partial charge is 0.333 e. The van der Waals surface area contributed by atoms with Crippen molar-refractivity contribution in [2.75, 3.05) is 13.7 Å². The Hall–Kier alpha value is -3.21. The van der Waals surface area contributed by atoms with Crippen LogP contribution in [0.2, 0.25) is 0 Å². The molecule has 1 heterocycles. The standard InChI is InChI=1S/C25H30N2O3/c1-7-9-20-10-11-23(24(16-20)29-6)30-13-8-12-26-21-14-18(4)19(5)15-22(21)27(17(2)3)25(26)28/h7,9-11,14-16H,2,8,12-13H2,1,3-6H3/b9-7+. The van der Waals surface area contributed by atoms with E-state index in [1.807, 2.05) is 48.8 Å². The lowest BCUT2D eigenvalue weighted by molar-refractivity contribution is 0.282. The Labute approximate surface area is 177 Å². The highest BCUT2D eigenvalue weighted by Crippen LogP contribution is 2.29. The molecule has 5 heteroatoms. The van der Waals surface area contributed by atoms with Crippen molar-refractivity contribution < 1.29 is 9.47 Å². The number of methoxy groups -OCH3 is 1. The summed E-state index contributed by atoms with van der Waals surface area (Å²) in [5, 5.41) is 0. The van der Waals surface area contributed by atoms with Crippen molar-refractivity contribution in [3.05, 3.63) is 70.2 Å². The Bertz CT molecular complexity index is 1170. The first-order valence-electron chi connectivity index (χ1n) is 10.2. The van der Waals surface area contributed by atoms with E-state index in [-0.39, 0.29) is 5.69 Å². The fourth-order valence-electron chi connectivity index (χ4n) is 3.60. The largest absolute Gasteiger partial charge is 0.493 e. The van der Waals surface area contributed by atoms with Gasteiger partial charge < -0.3 is 9.47 Å². The first kappa shape index (κ1) is 21.5. The van der Waals surface area contributed by atoms with Crippen molar-refractivity contribution in [2.24, 2.45) is 0 Å². The van der Waals surface area contributed by atoms with E-state index in [4.69, 9.17) is 9.47 Å². The number of nitrogens with zero attached hydrogens (tertiary/aromatic N) is 2. The number of benzene rings is 2. The maximum Gasteiger partial charge on any atom is 0.333 e. The van der Waals surface area contributed by atoms with Crippen LogP contribution in [0, 0.1) is 13.8 Å². The van der Waals surface area contributed by atoms with Gasteiger partial charge in [0, 0.05) is 12.2 Å². The van der Waals surface area contributed by atoms with E-state index in [1.165, 1.54) is 0 Å². The minimum atomic E-state index is -0.0595. The van der Waals surface area contributed by atoms with Gasteiger partial charge in [-0.15, -0.1) is 0 Å². The first-order chi connectivity index (χ1) is 14.4. The second kappa shape index (κ2) is 9.08. The number of imidazole rings is 1. The van der Waals surface area contributed by atoms with Crippen molar-refractivity contribution in [1.82, 2.24) is 9.13 Å². The van der Waals surface area contributed by atoms with Gasteiger partial charge in [0.1, 0.15) is 0 Å². The van der Waals surface area contributed by atoms with Gasteiger partial charge in [-0.05, 0) is 75.1 Å². The molecule has 0 aliphatic carbocycles. The van der Waals surface area contributed by atoms with E-state index in [1.54, 1.807) is 11.7 Å². The molecule has 158 valence electrons. The molecule has 0 saturated heterocycles. The minimum Gasteiger partial charge on any atom is -0.493 e. The van der Waals surface area contributed by atoms with Crippen molar-refractivity contribution >= 4 is 22.8 Å². The summed E-state index contributed by atoms with van der Waals surface area (Å²) in [6, 6.07) is 10.00. The molecule has 0 radical (unpaired) electrons. The van der Waals surface area contributed by atoms with Gasteiger partial charge in [-0.2, -0.15) is 0 Å². The number of aromatic nitrogens is 2. The highest BCUT2D eigenvalue weighted by atomic mass is 16.5. The summed E-state index contributed by atoms with van der Waals surface area (Å²) in [5.74, 6) is 1.40. The Kier molecular flexibility index (Phi) is 6.50. The summed E-state index contributed by atoms with van der Waals surface area (Å²) in [5.41, 5.74) is 5.87. The second-order valence-corrected chi connectivity index (χ2v) is 7.54. The third-order valence-corrected chi connectivity index (χ3v) is 5.26. The van der Waals surface area contributed by atoms with Crippen molar-refractivity contribution in [3.8, 4) is 11.5 Å². The number of fused-ring (bicyclic) bond motifs is 1. The number of allylic oxidation sites excluding steroid dienone is 2. The molecule has 0 amide bonds. The molecule has 0 spiro atoms. The molecule has 5 nitrogen and oxygen atoms in total. The number of aryl methyl sites for hydroxylation is 3. The highest BCUT2D eigenvalue weighted by molar-refractivity contribution is 5.81. The highest BCUT2D eigenvalue weighted by Gasteiger charge is 2.15. The Balaban J connectivity index is 1.79. The molecule has 0 bridgehead atoms. The molecule has 0 fully saturated rings. The maximum absolute atomic E-state index is 13.0. The number of hydrogen-bond donors (Lipinski definition) is 0. The molecule has 0 N–H and O–H groups in total. The molecule has 30 heavy (non-hydrogen) atoms. The number of hydrogen-bond acceptors (Lipinski definition) is 3. The SMILES string of the molecule is C=C(C)n1c(=O)n(CCCOc2ccc(/C=C/C)cc2OC)c2cc(C)c(C)cc21. The lowest BCUT2D eigenvalue weighted by Crippen LogP contribution is -2.24. The number of ether oxygens (including phenoxy) is 2. The average molecular weight is 407 g/mol. The van der Waals surface area contributed by atoms with Crippen LogP contribution in [0.3, 0.4) is 0 Å². The zero-order chi connectivity index (χ0) is 21.8. The molecule has 1 aromatic heterocycles. The van der Waals surface area contributed by atoms with Gasteiger partial charge in [0.25, 0.3) is 0 Å². The summed E-state index contributed by atoms with van der Waals surface area (Å²) >= 11 is 0. The van der Waals surface area contributed by atoms with Gasteiger partial charge >= 0.3 is 5.69 Å². The van der Waals surface area contributed by atoms with Crippen LogP contribution in [0.25, 0.3) is 22.8 Å². The van der Waals surface area contributed by atoms with E-state index in [9.17, 15) is 4.79 Å². The van der Waals surface area contributed by atoms with E-state index >= 15 is 0 Å². The monoisotopic (exact) mass is 406 g/mol. The predicted molar refractivity (Wildman–Crippen MR) is 124 cm³/mol. The third-order valence-electron chi connectivity index (χ3n) is 5.26. The van der Waals surface area contributed by atoms with Gasteiger partial charge in [0.15, 0.2) is 11.5 Å². The Morgan fingerprint density at radius 2 is 1.80 bits per heavy atom. The molecular formula is C25H30N2O3. The molecule has 0 unspecified atom stereocenters. The van der Waals surface area contributed by atoms with E-state index in [2.05, 4.69) is 32.6 Å². The maximum atomic E-state index is 13.0. The third kappa shape index (κ3) is 4.20. The molecule has 3 aromatic rings. The van der Waals surface area contributed by atoms with E-state index in [0.29, 0.717) is 36.8 Å². The molecule has 0 aliphatic rings. The van der Waals surface area contributed by atoms with Crippen molar-refractivity contribution in [1.29, 1.82) is 0 Å². The van der Waals surface area contributed by atoms with Gasteiger partial charge in [0.2, 0.25) is 0 Å². The molecule has 0 atom stereocenters. The summed E-state index contributed by atoms with van der Waals surface area (Å²) in [4.78, 5) is 13.0. The molecule has 0 aliphatic heterocycles. The van der Waals surface area contributed by atoms with Crippen LogP contribution in [0.4, 0.5) is 0 Å². The van der Waals surface area contributed by atoms with E-state index < -0.39 is 0 Å². The second-order valence-electron chi connectivity index (χ2n) is 7.54. The zero-order valence-electron chi connectivity index (χ0n) is 18.5. The van der Waals surface area contributed by atoms with E-state index in [0.717, 1.165) is 27.7 Å². The topological polar surface area (TPSA) is 45.4 Å². The Morgan fingerprint density at radius 3 is 2.43 bits per heavy atom. The molecule has 0 saturated carbocycles. The van der Waals surface area contributed by atoms with Gasteiger partial charge in [-0.25, -0.2) is 4.79 Å². The Morgan fingerprint density at radius 1 is 1.10 bits per heavy atom. The summed E-state index contributed by atoms with van der Waals surface area (Å²) in [7, 11) is 1.64. The summed E-state index contributed by atoms with van der Waals surface area (Å²) in [6.45, 7) is 13.0. The van der Waals surface area contributed by atoms with Crippen molar-refractivity contribution in [3.63, 3.8) is 0 Å². The molecule has 3 rings (SSSR count). The van der Waals surface area contributed by atoms with Crippen LogP contribution in [-0.4, -0.2) is 22.9 Å². The van der Waals surface area contributed by atoms with Gasteiger partial charge in [0.05, 0.1) is 24.8 Å². The van der Waals surface area contributed by atoms with Crippen LogP contribution in [-0.2, 0) is 6.54 Å². The van der Waals surface area contributed by atoms with Crippen LogP contribution in [0.5, 0.6) is 11.5 Å². The summed E-state index contributed by atoms with van der Waals surface area (Å²) in [6.07, 6.45) is 4.69. The fraction of sp³-hybridized carbons (Fsp3) is 0.320. The van der Waals surface area contributed by atoms with Crippen molar-refractivity contribution in [2.45, 2.75) is 40.7 Å². The van der Waals surface area contributed by atoms with Crippen LogP contribution >= 0.6 is 0 Å². The minimum absolute atomic E-state index is 0.0595. The lowest BCUT2D eigenvalue weighted by Gasteiger charge is -2.12. The normalized spacial score (nSPS) is 11.4. The molecular weight excluding hydrogens is 376 g/mol. The van der Waals surface area contributed by atoms with Gasteiger partial charge in [-0.3, -0.25) is 9.13 Å². The van der Waals surface area contributed by atoms with Crippen LogP contribution in [0.1, 0.15) is 37.0 Å². The lowest BCUT2D eigenvalue weighted by atomic mass is 10.1. The number of rotatable bonds is 8. The first-order valence-corrected chi connectivity index (χ1v) is 10.2.